The average Bonchev–Trinajstić information content (AvgIpc) is 2.39. The smallest absolute Gasteiger partial charge is 0.320 e. The quantitative estimate of drug-likeness (QED) is 0.440. The third-order valence-electron chi connectivity index (χ3n) is 2.78. The fraction of sp³-hybridized carbons (Fsp3) is 0.462. The lowest BCUT2D eigenvalue weighted by atomic mass is 10.1. The average molecular weight is 301 g/mol. The summed E-state index contributed by atoms with van der Waals surface area (Å²) in [4.78, 5) is 23.8. The molecule has 0 heterocycles. The molecule has 0 bridgehead atoms. The summed E-state index contributed by atoms with van der Waals surface area (Å²) in [6.07, 6.45) is 0. The number of ether oxygens (including phenoxy) is 1. The van der Waals surface area contributed by atoms with E-state index in [1.807, 2.05) is 6.92 Å². The maximum absolute atomic E-state index is 11.5. The fourth-order valence-corrected chi connectivity index (χ4v) is 2.00. The minimum Gasteiger partial charge on any atom is -0.465 e. The first-order valence-corrected chi connectivity index (χ1v) is 6.67. The van der Waals surface area contributed by atoms with Gasteiger partial charge in [-0.25, -0.2) is 0 Å². The predicted molar refractivity (Wildman–Crippen MR) is 75.7 cm³/mol. The zero-order valence-electron chi connectivity index (χ0n) is 11.5. The molecule has 0 saturated carbocycles. The van der Waals surface area contributed by atoms with Crippen LogP contribution in [0.25, 0.3) is 0 Å². The van der Waals surface area contributed by atoms with Gasteiger partial charge in [0.1, 0.15) is 0 Å². The van der Waals surface area contributed by atoms with Gasteiger partial charge in [-0.3, -0.25) is 19.8 Å². The minimum absolute atomic E-state index is 0.0418. The first-order chi connectivity index (χ1) is 9.49. The van der Waals surface area contributed by atoms with E-state index in [1.54, 1.807) is 17.9 Å². The molecule has 0 spiro atoms. The summed E-state index contributed by atoms with van der Waals surface area (Å²) in [5.74, 6) is -0.357. The molecule has 6 nitrogen and oxygen atoms in total. The van der Waals surface area contributed by atoms with Crippen molar-refractivity contribution in [1.29, 1.82) is 0 Å². The number of benzene rings is 1. The van der Waals surface area contributed by atoms with Crippen LogP contribution in [0, 0.1) is 10.1 Å². The van der Waals surface area contributed by atoms with Gasteiger partial charge in [0.25, 0.3) is 5.69 Å². The molecule has 0 aromatic heterocycles. The Hall–Kier alpha value is -1.66. The van der Waals surface area contributed by atoms with Gasteiger partial charge in [-0.05, 0) is 19.5 Å². The molecular formula is C13H17ClN2O4. The maximum Gasteiger partial charge on any atom is 0.320 e. The minimum atomic E-state index is -0.473. The first kappa shape index (κ1) is 16.4. The molecule has 20 heavy (non-hydrogen) atoms. The molecule has 0 N–H and O–H groups in total. The highest BCUT2D eigenvalue weighted by molar-refractivity contribution is 6.31. The second-order valence-electron chi connectivity index (χ2n) is 4.10. The van der Waals surface area contributed by atoms with E-state index < -0.39 is 4.92 Å². The molecule has 0 aliphatic rings. The summed E-state index contributed by atoms with van der Waals surface area (Å²) in [6, 6.07) is 4.53. The number of nitro groups is 1. The molecule has 7 heteroatoms. The maximum atomic E-state index is 11.5. The van der Waals surface area contributed by atoms with Crippen LogP contribution in [-0.4, -0.2) is 35.5 Å². The summed E-state index contributed by atoms with van der Waals surface area (Å²) < 4.78 is 4.87. The van der Waals surface area contributed by atoms with Gasteiger partial charge in [0.2, 0.25) is 0 Å². The van der Waals surface area contributed by atoms with E-state index in [9.17, 15) is 14.9 Å². The molecule has 0 amide bonds. The standard InChI is InChI=1S/C13H17ClN2O4/c1-3-15(9-13(17)20-4-2)8-10-11(14)6-5-7-12(10)16(18)19/h5-7H,3-4,8-9H2,1-2H3. The number of hydrogen-bond acceptors (Lipinski definition) is 5. The van der Waals surface area contributed by atoms with Crippen LogP contribution in [0.3, 0.4) is 0 Å². The zero-order chi connectivity index (χ0) is 15.1. The van der Waals surface area contributed by atoms with Crippen molar-refractivity contribution >= 4 is 23.3 Å². The molecule has 110 valence electrons. The van der Waals surface area contributed by atoms with Crippen molar-refractivity contribution in [3.63, 3.8) is 0 Å². The van der Waals surface area contributed by atoms with Gasteiger partial charge in [-0.15, -0.1) is 0 Å². The lowest BCUT2D eigenvalue weighted by molar-refractivity contribution is -0.385. The number of hydrogen-bond donors (Lipinski definition) is 0. The highest BCUT2D eigenvalue weighted by atomic mass is 35.5. The highest BCUT2D eigenvalue weighted by Gasteiger charge is 2.20. The fourth-order valence-electron chi connectivity index (χ4n) is 1.77. The molecule has 0 saturated heterocycles. The van der Waals surface area contributed by atoms with Crippen LogP contribution in [0.4, 0.5) is 5.69 Å². The number of carbonyl (C=O) groups is 1. The van der Waals surface area contributed by atoms with E-state index in [0.717, 1.165) is 0 Å². The normalized spacial score (nSPS) is 10.6. The van der Waals surface area contributed by atoms with Crippen LogP contribution in [-0.2, 0) is 16.1 Å². The van der Waals surface area contributed by atoms with Crippen LogP contribution in [0.2, 0.25) is 5.02 Å². The summed E-state index contributed by atoms with van der Waals surface area (Å²) in [7, 11) is 0. The highest BCUT2D eigenvalue weighted by Crippen LogP contribution is 2.27. The molecule has 0 aliphatic carbocycles. The van der Waals surface area contributed by atoms with Gasteiger partial charge in [-0.2, -0.15) is 0 Å². The zero-order valence-corrected chi connectivity index (χ0v) is 12.2. The van der Waals surface area contributed by atoms with Gasteiger partial charge in [0.05, 0.1) is 28.7 Å². The van der Waals surface area contributed by atoms with Gasteiger partial charge in [0.15, 0.2) is 0 Å². The van der Waals surface area contributed by atoms with Gasteiger partial charge < -0.3 is 4.74 Å². The largest absolute Gasteiger partial charge is 0.465 e. The third kappa shape index (κ3) is 4.47. The van der Waals surface area contributed by atoms with Crippen LogP contribution >= 0.6 is 11.6 Å². The summed E-state index contributed by atoms with van der Waals surface area (Å²) in [5, 5.41) is 11.3. The Morgan fingerprint density at radius 2 is 2.15 bits per heavy atom. The number of rotatable bonds is 7. The van der Waals surface area contributed by atoms with E-state index in [1.165, 1.54) is 12.1 Å². The lowest BCUT2D eigenvalue weighted by Gasteiger charge is -2.19. The third-order valence-corrected chi connectivity index (χ3v) is 3.13. The number of nitrogens with zero attached hydrogens (tertiary/aromatic N) is 2. The van der Waals surface area contributed by atoms with Crippen molar-refractivity contribution in [1.82, 2.24) is 4.90 Å². The first-order valence-electron chi connectivity index (χ1n) is 6.29. The number of likely N-dealkylation sites (N-methyl/N-ethyl adjacent to an activating group) is 1. The van der Waals surface area contributed by atoms with E-state index in [0.29, 0.717) is 23.7 Å². The van der Waals surface area contributed by atoms with Crippen molar-refractivity contribution in [3.8, 4) is 0 Å². The molecule has 1 rings (SSSR count). The molecule has 0 atom stereocenters. The Morgan fingerprint density at radius 1 is 1.45 bits per heavy atom. The molecule has 1 aromatic rings. The van der Waals surface area contributed by atoms with Crippen LogP contribution in [0.1, 0.15) is 19.4 Å². The second-order valence-corrected chi connectivity index (χ2v) is 4.51. The molecule has 0 unspecified atom stereocenters. The van der Waals surface area contributed by atoms with E-state index in [2.05, 4.69) is 0 Å². The van der Waals surface area contributed by atoms with Crippen molar-refractivity contribution in [2.45, 2.75) is 20.4 Å². The van der Waals surface area contributed by atoms with Crippen LogP contribution < -0.4 is 0 Å². The van der Waals surface area contributed by atoms with Crippen LogP contribution in [0.5, 0.6) is 0 Å². The summed E-state index contributed by atoms with van der Waals surface area (Å²) >= 11 is 6.02. The number of carbonyl (C=O) groups excluding carboxylic acids is 1. The number of esters is 1. The van der Waals surface area contributed by atoms with Crippen molar-refractivity contribution in [2.75, 3.05) is 19.7 Å². The van der Waals surface area contributed by atoms with E-state index >= 15 is 0 Å². The van der Waals surface area contributed by atoms with E-state index in [-0.39, 0.29) is 24.7 Å². The van der Waals surface area contributed by atoms with Gasteiger partial charge in [0, 0.05) is 12.6 Å². The molecule has 0 fully saturated rings. The van der Waals surface area contributed by atoms with Crippen LogP contribution in [0.15, 0.2) is 18.2 Å². The molecule has 1 aromatic carbocycles. The summed E-state index contributed by atoms with van der Waals surface area (Å²) in [5.41, 5.74) is 0.366. The predicted octanol–water partition coefficient (Wildman–Crippen LogP) is 2.63. The van der Waals surface area contributed by atoms with E-state index in [4.69, 9.17) is 16.3 Å². The Labute approximate surface area is 122 Å². The Morgan fingerprint density at radius 3 is 2.70 bits per heavy atom. The van der Waals surface area contributed by atoms with Crippen molar-refractivity contribution in [2.24, 2.45) is 0 Å². The number of nitro benzene ring substituents is 1. The lowest BCUT2D eigenvalue weighted by Crippen LogP contribution is -2.30. The Kier molecular flexibility index (Phi) is 6.41. The topological polar surface area (TPSA) is 72.7 Å². The monoisotopic (exact) mass is 300 g/mol. The SMILES string of the molecule is CCOC(=O)CN(CC)Cc1c(Cl)cccc1[N+](=O)[O-]. The molecule has 0 aliphatic heterocycles. The second kappa shape index (κ2) is 7.81. The Bertz CT molecular complexity index is 493. The van der Waals surface area contributed by atoms with Gasteiger partial charge >= 0.3 is 5.97 Å². The molecular weight excluding hydrogens is 284 g/mol. The number of halogens is 1. The molecule has 0 radical (unpaired) electrons. The summed E-state index contributed by atoms with van der Waals surface area (Å²) in [6.45, 7) is 4.76. The van der Waals surface area contributed by atoms with Crippen molar-refractivity contribution < 1.29 is 14.5 Å². The van der Waals surface area contributed by atoms with Crippen molar-refractivity contribution in [3.05, 3.63) is 38.9 Å². The van der Waals surface area contributed by atoms with Gasteiger partial charge in [-0.1, -0.05) is 24.6 Å². The Balaban J connectivity index is 2.89.